The van der Waals surface area contributed by atoms with Crippen molar-refractivity contribution < 1.29 is 28.6 Å². The molecule has 0 radical (unpaired) electrons. The number of carbonyl (C=O) groups is 3. The first kappa shape index (κ1) is 77.9. The first-order chi connectivity index (χ1) is 40.0. The number of ether oxygens (including phenoxy) is 3. The van der Waals surface area contributed by atoms with Crippen LogP contribution in [0.5, 0.6) is 0 Å². The van der Waals surface area contributed by atoms with Crippen LogP contribution in [0.15, 0.2) is 72.9 Å². The van der Waals surface area contributed by atoms with Crippen LogP contribution >= 0.6 is 0 Å². The largest absolute Gasteiger partial charge is 0.462 e. The van der Waals surface area contributed by atoms with E-state index >= 15 is 0 Å². The van der Waals surface area contributed by atoms with Gasteiger partial charge in [0.1, 0.15) is 13.2 Å². The van der Waals surface area contributed by atoms with E-state index in [1.54, 1.807) is 0 Å². The van der Waals surface area contributed by atoms with E-state index in [1.165, 1.54) is 231 Å². The molecule has 6 heteroatoms. The van der Waals surface area contributed by atoms with Crippen LogP contribution in [0.2, 0.25) is 0 Å². The Morgan fingerprint density at radius 3 is 0.765 bits per heavy atom. The molecule has 81 heavy (non-hydrogen) atoms. The molecule has 0 saturated carbocycles. The lowest BCUT2D eigenvalue weighted by molar-refractivity contribution is -0.167. The van der Waals surface area contributed by atoms with E-state index in [-0.39, 0.29) is 31.1 Å². The van der Waals surface area contributed by atoms with Gasteiger partial charge in [0.05, 0.1) is 0 Å². The van der Waals surface area contributed by atoms with Crippen molar-refractivity contribution in [1.82, 2.24) is 0 Å². The van der Waals surface area contributed by atoms with Crippen LogP contribution in [0, 0.1) is 0 Å². The monoisotopic (exact) mass is 1130 g/mol. The highest BCUT2D eigenvalue weighted by Gasteiger charge is 2.19. The quantitative estimate of drug-likeness (QED) is 0.0261. The van der Waals surface area contributed by atoms with Crippen molar-refractivity contribution in [3.63, 3.8) is 0 Å². The van der Waals surface area contributed by atoms with Crippen molar-refractivity contribution in [2.45, 2.75) is 374 Å². The van der Waals surface area contributed by atoms with Crippen molar-refractivity contribution >= 4 is 17.9 Å². The molecule has 0 aromatic carbocycles. The number of carbonyl (C=O) groups excluding carboxylic acids is 3. The summed E-state index contributed by atoms with van der Waals surface area (Å²) in [5, 5.41) is 0. The molecular formula is C75H134O6. The summed E-state index contributed by atoms with van der Waals surface area (Å²) >= 11 is 0. The minimum atomic E-state index is -0.782. The first-order valence-corrected chi connectivity index (χ1v) is 35.4. The van der Waals surface area contributed by atoms with Crippen LogP contribution in [0.3, 0.4) is 0 Å². The maximum atomic E-state index is 13.0. The van der Waals surface area contributed by atoms with E-state index in [1.807, 2.05) is 0 Å². The van der Waals surface area contributed by atoms with Gasteiger partial charge in [0, 0.05) is 19.3 Å². The van der Waals surface area contributed by atoms with Crippen molar-refractivity contribution in [2.24, 2.45) is 0 Å². The molecule has 0 aliphatic carbocycles. The third kappa shape index (κ3) is 67.5. The molecule has 1 atom stereocenters. The average Bonchev–Trinajstić information content (AvgIpc) is 3.47. The summed E-state index contributed by atoms with van der Waals surface area (Å²) in [6.07, 6.45) is 90.7. The van der Waals surface area contributed by atoms with E-state index in [4.69, 9.17) is 14.2 Å². The second kappa shape index (κ2) is 69.3. The highest BCUT2D eigenvalue weighted by atomic mass is 16.6. The Morgan fingerprint density at radius 1 is 0.259 bits per heavy atom. The molecule has 6 nitrogen and oxygen atoms in total. The van der Waals surface area contributed by atoms with Crippen molar-refractivity contribution in [3.05, 3.63) is 72.9 Å². The molecule has 0 aliphatic rings. The first-order valence-electron chi connectivity index (χ1n) is 35.4. The van der Waals surface area contributed by atoms with Crippen molar-refractivity contribution in [3.8, 4) is 0 Å². The minimum Gasteiger partial charge on any atom is -0.462 e. The Bertz CT molecular complexity index is 1490. The minimum absolute atomic E-state index is 0.0759. The van der Waals surface area contributed by atoms with E-state index < -0.39 is 6.10 Å². The van der Waals surface area contributed by atoms with Gasteiger partial charge in [-0.05, 0) is 89.9 Å². The van der Waals surface area contributed by atoms with Gasteiger partial charge in [0.15, 0.2) is 6.10 Å². The molecule has 0 saturated heterocycles. The van der Waals surface area contributed by atoms with Crippen molar-refractivity contribution in [1.29, 1.82) is 0 Å². The van der Waals surface area contributed by atoms with Crippen LogP contribution < -0.4 is 0 Å². The molecule has 0 N–H and O–H groups in total. The summed E-state index contributed by atoms with van der Waals surface area (Å²) in [6.45, 7) is 6.58. The molecule has 0 aromatic rings. The molecular weight excluding hydrogens is 997 g/mol. The fraction of sp³-hybridized carbons (Fsp3) is 0.800. The topological polar surface area (TPSA) is 78.9 Å². The molecule has 470 valence electrons. The summed E-state index contributed by atoms with van der Waals surface area (Å²) in [6, 6.07) is 0. The van der Waals surface area contributed by atoms with Crippen LogP contribution in [0.25, 0.3) is 0 Å². The average molecular weight is 1130 g/mol. The Labute approximate surface area is 503 Å². The van der Waals surface area contributed by atoms with Crippen LogP contribution in [0.4, 0.5) is 0 Å². The Balaban J connectivity index is 4.32. The Morgan fingerprint density at radius 2 is 0.481 bits per heavy atom. The summed E-state index contributed by atoms with van der Waals surface area (Å²) in [4.78, 5) is 38.5. The van der Waals surface area contributed by atoms with Crippen LogP contribution in [-0.2, 0) is 28.6 Å². The maximum Gasteiger partial charge on any atom is 0.306 e. The summed E-state index contributed by atoms with van der Waals surface area (Å²) in [5.74, 6) is -0.864. The second-order valence-electron chi connectivity index (χ2n) is 23.8. The standard InChI is InChI=1S/C75H134O6/c1-4-7-10-13-16-19-22-25-28-30-32-34-36-37-39-40-42-44-47-50-53-56-59-62-65-68-74(77)80-71-72(70-79-73(76)67-64-61-58-55-52-49-46-27-24-21-18-15-12-9-6-3)81-75(78)69-66-63-60-57-54-51-48-45-43-41-38-35-33-31-29-26-23-20-17-14-11-8-5-2/h8,11,17,20,26,29-30,32-33,35,41,43,72H,4-7,9-10,12-16,18-19,21-25,27-28,31,34,36-40,42,44-71H2,1-3H3/b11-8-,20-17-,29-26-,32-30-,35-33-,43-41-. The van der Waals surface area contributed by atoms with E-state index in [9.17, 15) is 14.4 Å². The SMILES string of the molecule is CC/C=C\C/C=C\C/C=C\C/C=C\C/C=C\CCCCCCCCCC(=O)OC(COC(=O)CCCCCCCCCCCCCCC/C=C\CCCCCCCCCC)COC(=O)CCCCCCCCCCCCCCCCC. The number of allylic oxidation sites excluding steroid dienone is 12. The molecule has 0 heterocycles. The fourth-order valence-electron chi connectivity index (χ4n) is 10.4. The van der Waals surface area contributed by atoms with Crippen molar-refractivity contribution in [2.75, 3.05) is 13.2 Å². The summed E-state index contributed by atoms with van der Waals surface area (Å²) in [5.41, 5.74) is 0. The molecule has 0 fully saturated rings. The zero-order valence-corrected chi connectivity index (χ0v) is 54.1. The van der Waals surface area contributed by atoms with Gasteiger partial charge in [-0.2, -0.15) is 0 Å². The maximum absolute atomic E-state index is 13.0. The zero-order valence-electron chi connectivity index (χ0n) is 54.1. The predicted octanol–water partition coefficient (Wildman–Crippen LogP) is 24.4. The third-order valence-corrected chi connectivity index (χ3v) is 15.7. The van der Waals surface area contributed by atoms with Gasteiger partial charge in [-0.3, -0.25) is 14.4 Å². The van der Waals surface area contributed by atoms with Crippen LogP contribution in [0.1, 0.15) is 367 Å². The van der Waals surface area contributed by atoms with Gasteiger partial charge < -0.3 is 14.2 Å². The van der Waals surface area contributed by atoms with Gasteiger partial charge in [0.25, 0.3) is 0 Å². The van der Waals surface area contributed by atoms with E-state index in [0.29, 0.717) is 19.3 Å². The highest BCUT2D eigenvalue weighted by Crippen LogP contribution is 2.18. The number of rotatable bonds is 65. The summed E-state index contributed by atoms with van der Waals surface area (Å²) < 4.78 is 17.0. The lowest BCUT2D eigenvalue weighted by Gasteiger charge is -2.18. The highest BCUT2D eigenvalue weighted by molar-refractivity contribution is 5.71. The molecule has 0 aliphatic heterocycles. The Hall–Kier alpha value is -3.15. The fourth-order valence-corrected chi connectivity index (χ4v) is 10.4. The normalized spacial score (nSPS) is 12.5. The Kier molecular flexibility index (Phi) is 66.6. The molecule has 0 aromatic heterocycles. The van der Waals surface area contributed by atoms with E-state index in [2.05, 4.69) is 93.7 Å². The van der Waals surface area contributed by atoms with E-state index in [0.717, 1.165) is 96.3 Å². The molecule has 1 unspecified atom stereocenters. The van der Waals surface area contributed by atoms with Crippen LogP contribution in [-0.4, -0.2) is 37.2 Å². The second-order valence-corrected chi connectivity index (χ2v) is 23.8. The van der Waals surface area contributed by atoms with Gasteiger partial charge in [-0.15, -0.1) is 0 Å². The summed E-state index contributed by atoms with van der Waals surface area (Å²) in [7, 11) is 0. The number of hydrogen-bond acceptors (Lipinski definition) is 6. The zero-order chi connectivity index (χ0) is 58.5. The predicted molar refractivity (Wildman–Crippen MR) is 353 cm³/mol. The number of esters is 3. The smallest absolute Gasteiger partial charge is 0.306 e. The molecule has 0 amide bonds. The lowest BCUT2D eigenvalue weighted by atomic mass is 10.0. The molecule has 0 spiro atoms. The molecule has 0 bridgehead atoms. The molecule has 0 rings (SSSR count). The van der Waals surface area contributed by atoms with Gasteiger partial charge >= 0.3 is 17.9 Å². The van der Waals surface area contributed by atoms with Gasteiger partial charge in [0.2, 0.25) is 0 Å². The number of unbranched alkanes of at least 4 members (excludes halogenated alkanes) is 42. The third-order valence-electron chi connectivity index (χ3n) is 15.7. The number of hydrogen-bond donors (Lipinski definition) is 0. The lowest BCUT2D eigenvalue weighted by Crippen LogP contribution is -2.30. The van der Waals surface area contributed by atoms with Gasteiger partial charge in [-0.25, -0.2) is 0 Å². The van der Waals surface area contributed by atoms with Gasteiger partial charge in [-0.1, -0.05) is 331 Å².